The molecule has 1 heterocycles. The minimum absolute atomic E-state index is 0.0264. The molecule has 5 nitrogen and oxygen atoms in total. The number of ether oxygens (including phenoxy) is 1. The Hall–Kier alpha value is -1.59. The van der Waals surface area contributed by atoms with Gasteiger partial charge in [0.05, 0.1) is 11.6 Å². The van der Waals surface area contributed by atoms with Gasteiger partial charge in [0.2, 0.25) is 5.91 Å². The smallest absolute Gasteiger partial charge is 0.249 e. The summed E-state index contributed by atoms with van der Waals surface area (Å²) in [4.78, 5) is 14.1. The number of nitrogens with zero attached hydrogens (tertiary/aromatic N) is 1. The van der Waals surface area contributed by atoms with Crippen LogP contribution in [0.2, 0.25) is 0 Å². The molecule has 0 bridgehead atoms. The molecule has 1 aliphatic heterocycles. The van der Waals surface area contributed by atoms with E-state index in [1.165, 1.54) is 0 Å². The molecule has 1 atom stereocenters. The number of phenolic OH excluding ortho intramolecular Hbond substituents is 1. The average molecular weight is 292 g/mol. The van der Waals surface area contributed by atoms with Gasteiger partial charge in [0.15, 0.2) is 0 Å². The molecule has 1 aliphatic rings. The summed E-state index contributed by atoms with van der Waals surface area (Å²) in [6.45, 7) is 8.19. The molecule has 0 radical (unpaired) electrons. The Morgan fingerprint density at radius 2 is 2.24 bits per heavy atom. The predicted octanol–water partition coefficient (Wildman–Crippen LogP) is 1.68. The number of amides is 1. The van der Waals surface area contributed by atoms with Crippen LogP contribution in [-0.2, 0) is 9.53 Å². The molecule has 0 aliphatic carbocycles. The topological polar surface area (TPSA) is 61.8 Å². The van der Waals surface area contributed by atoms with Crippen LogP contribution in [0.3, 0.4) is 0 Å². The average Bonchev–Trinajstić information content (AvgIpc) is 2.43. The minimum Gasteiger partial charge on any atom is -0.508 e. The van der Waals surface area contributed by atoms with Gasteiger partial charge < -0.3 is 20.1 Å². The Labute approximate surface area is 125 Å². The standard InChI is InChI=1S/C16H24N2O3/c1-4-18(12(2)13-6-5-7-14(19)8-13)15(20)9-21-16(3)10-17-11-16/h5-8,12,17,19H,4,9-11H2,1-3H3. The van der Waals surface area contributed by atoms with Crippen LogP contribution >= 0.6 is 0 Å². The van der Waals surface area contributed by atoms with Crippen LogP contribution in [0.15, 0.2) is 24.3 Å². The van der Waals surface area contributed by atoms with E-state index in [2.05, 4.69) is 5.32 Å². The number of carbonyl (C=O) groups is 1. The SMILES string of the molecule is CCN(C(=O)COC1(C)CNC1)C(C)c1cccc(O)c1. The van der Waals surface area contributed by atoms with Crippen molar-refractivity contribution in [1.29, 1.82) is 0 Å². The van der Waals surface area contributed by atoms with Crippen LogP contribution in [0.25, 0.3) is 0 Å². The zero-order chi connectivity index (χ0) is 15.5. The number of benzene rings is 1. The maximum absolute atomic E-state index is 12.4. The van der Waals surface area contributed by atoms with Crippen molar-refractivity contribution in [2.24, 2.45) is 0 Å². The second kappa shape index (κ2) is 6.45. The van der Waals surface area contributed by atoms with Crippen molar-refractivity contribution in [3.8, 4) is 5.75 Å². The maximum Gasteiger partial charge on any atom is 0.249 e. The van der Waals surface area contributed by atoms with Crippen molar-refractivity contribution in [3.05, 3.63) is 29.8 Å². The molecule has 0 spiro atoms. The highest BCUT2D eigenvalue weighted by molar-refractivity contribution is 5.78. The van der Waals surface area contributed by atoms with Crippen LogP contribution in [0.4, 0.5) is 0 Å². The summed E-state index contributed by atoms with van der Waals surface area (Å²) in [7, 11) is 0. The Balaban J connectivity index is 1.99. The second-order valence-electron chi connectivity index (χ2n) is 5.79. The Bertz CT molecular complexity index is 500. The van der Waals surface area contributed by atoms with Gasteiger partial charge in [-0.3, -0.25) is 4.79 Å². The van der Waals surface area contributed by atoms with Gasteiger partial charge >= 0.3 is 0 Å². The predicted molar refractivity (Wildman–Crippen MR) is 81.1 cm³/mol. The fourth-order valence-corrected chi connectivity index (χ4v) is 2.53. The van der Waals surface area contributed by atoms with Gasteiger partial charge in [0.25, 0.3) is 0 Å². The van der Waals surface area contributed by atoms with Gasteiger partial charge in [0.1, 0.15) is 12.4 Å². The zero-order valence-electron chi connectivity index (χ0n) is 12.9. The largest absolute Gasteiger partial charge is 0.508 e. The molecule has 0 aromatic heterocycles. The summed E-state index contributed by atoms with van der Waals surface area (Å²) >= 11 is 0. The normalized spacial score (nSPS) is 17.9. The van der Waals surface area contributed by atoms with Crippen molar-refractivity contribution in [2.75, 3.05) is 26.2 Å². The van der Waals surface area contributed by atoms with Crippen LogP contribution in [0, 0.1) is 0 Å². The molecule has 0 saturated carbocycles. The summed E-state index contributed by atoms with van der Waals surface area (Å²) in [5.74, 6) is 0.189. The quantitative estimate of drug-likeness (QED) is 0.837. The molecule has 21 heavy (non-hydrogen) atoms. The molecule has 2 rings (SSSR count). The Morgan fingerprint density at radius 1 is 1.52 bits per heavy atom. The van der Waals surface area contributed by atoms with E-state index >= 15 is 0 Å². The van der Waals surface area contributed by atoms with Crippen molar-refractivity contribution in [1.82, 2.24) is 10.2 Å². The second-order valence-corrected chi connectivity index (χ2v) is 5.79. The van der Waals surface area contributed by atoms with Gasteiger partial charge in [-0.25, -0.2) is 0 Å². The van der Waals surface area contributed by atoms with Crippen molar-refractivity contribution < 1.29 is 14.6 Å². The third-order valence-corrected chi connectivity index (χ3v) is 4.02. The van der Waals surface area contributed by atoms with E-state index in [1.54, 1.807) is 23.1 Å². The summed E-state index contributed by atoms with van der Waals surface area (Å²) in [6.07, 6.45) is 0. The van der Waals surface area contributed by atoms with Crippen LogP contribution in [-0.4, -0.2) is 47.8 Å². The van der Waals surface area contributed by atoms with Gasteiger partial charge in [0, 0.05) is 19.6 Å². The molecular formula is C16H24N2O3. The molecule has 116 valence electrons. The monoisotopic (exact) mass is 292 g/mol. The van der Waals surface area contributed by atoms with E-state index in [0.717, 1.165) is 18.7 Å². The van der Waals surface area contributed by atoms with Crippen LogP contribution in [0.5, 0.6) is 5.75 Å². The number of hydrogen-bond donors (Lipinski definition) is 2. The molecule has 1 amide bonds. The summed E-state index contributed by atoms with van der Waals surface area (Å²) in [5, 5.41) is 12.7. The van der Waals surface area contributed by atoms with Gasteiger partial charge in [-0.2, -0.15) is 0 Å². The first kappa shape index (κ1) is 15.8. The molecule has 1 aromatic carbocycles. The fraction of sp³-hybridized carbons (Fsp3) is 0.562. The molecular weight excluding hydrogens is 268 g/mol. The summed E-state index contributed by atoms with van der Waals surface area (Å²) in [6, 6.07) is 6.93. The van der Waals surface area contributed by atoms with E-state index in [0.29, 0.717) is 6.54 Å². The van der Waals surface area contributed by atoms with E-state index in [1.807, 2.05) is 26.8 Å². The maximum atomic E-state index is 12.4. The van der Waals surface area contributed by atoms with Crippen molar-refractivity contribution >= 4 is 5.91 Å². The van der Waals surface area contributed by atoms with E-state index < -0.39 is 0 Å². The Kier molecular flexibility index (Phi) is 4.85. The van der Waals surface area contributed by atoms with Gasteiger partial charge in [-0.05, 0) is 38.5 Å². The number of likely N-dealkylation sites (N-methyl/N-ethyl adjacent to an activating group) is 1. The van der Waals surface area contributed by atoms with Crippen molar-refractivity contribution in [3.63, 3.8) is 0 Å². The first-order valence-corrected chi connectivity index (χ1v) is 7.38. The lowest BCUT2D eigenvalue weighted by molar-refractivity contribution is -0.147. The molecule has 1 aromatic rings. The number of aromatic hydroxyl groups is 1. The number of hydrogen-bond acceptors (Lipinski definition) is 4. The molecule has 1 fully saturated rings. The Morgan fingerprint density at radius 3 is 2.76 bits per heavy atom. The molecule has 5 heteroatoms. The molecule has 1 unspecified atom stereocenters. The first-order valence-electron chi connectivity index (χ1n) is 7.38. The van der Waals surface area contributed by atoms with Crippen LogP contribution in [0.1, 0.15) is 32.4 Å². The zero-order valence-corrected chi connectivity index (χ0v) is 12.9. The number of carbonyl (C=O) groups excluding carboxylic acids is 1. The highest BCUT2D eigenvalue weighted by Gasteiger charge is 2.34. The highest BCUT2D eigenvalue weighted by atomic mass is 16.5. The van der Waals surface area contributed by atoms with E-state index in [-0.39, 0.29) is 29.9 Å². The third-order valence-electron chi connectivity index (χ3n) is 4.02. The molecule has 2 N–H and O–H groups in total. The van der Waals surface area contributed by atoms with Gasteiger partial charge in [-0.15, -0.1) is 0 Å². The van der Waals surface area contributed by atoms with E-state index in [4.69, 9.17) is 4.74 Å². The third kappa shape index (κ3) is 3.74. The molecule has 1 saturated heterocycles. The lowest BCUT2D eigenvalue weighted by atomic mass is 10.0. The van der Waals surface area contributed by atoms with Crippen molar-refractivity contribution in [2.45, 2.75) is 32.4 Å². The fourth-order valence-electron chi connectivity index (χ4n) is 2.53. The lowest BCUT2D eigenvalue weighted by Crippen LogP contribution is -2.59. The highest BCUT2D eigenvalue weighted by Crippen LogP contribution is 2.24. The minimum atomic E-state index is -0.219. The lowest BCUT2D eigenvalue weighted by Gasteiger charge is -2.39. The number of phenols is 1. The van der Waals surface area contributed by atoms with Crippen LogP contribution < -0.4 is 5.32 Å². The van der Waals surface area contributed by atoms with Gasteiger partial charge in [-0.1, -0.05) is 12.1 Å². The summed E-state index contributed by atoms with van der Waals surface area (Å²) in [5.41, 5.74) is 0.699. The van der Waals surface area contributed by atoms with E-state index in [9.17, 15) is 9.90 Å². The summed E-state index contributed by atoms with van der Waals surface area (Å²) < 4.78 is 5.72. The first-order chi connectivity index (χ1) is 9.95. The number of nitrogens with one attached hydrogen (secondary N) is 1. The number of rotatable bonds is 6.